The first kappa shape index (κ1) is 13.9. The van der Waals surface area contributed by atoms with Gasteiger partial charge in [0.1, 0.15) is 22.9 Å². The van der Waals surface area contributed by atoms with Crippen LogP contribution in [0.4, 0.5) is 0 Å². The van der Waals surface area contributed by atoms with Crippen molar-refractivity contribution in [2.24, 2.45) is 5.73 Å². The quantitative estimate of drug-likeness (QED) is 0.508. The van der Waals surface area contributed by atoms with Crippen LogP contribution in [0.15, 0.2) is 36.4 Å². The van der Waals surface area contributed by atoms with Crippen molar-refractivity contribution in [2.75, 3.05) is 0 Å². The molecule has 5 N–H and O–H groups in total. The van der Waals surface area contributed by atoms with Gasteiger partial charge in [-0.15, -0.1) is 0 Å². The predicted octanol–water partition coefficient (Wildman–Crippen LogP) is 3.00. The number of hydrogen-bond acceptors (Lipinski definition) is 3. The molecule has 0 saturated heterocycles. The van der Waals surface area contributed by atoms with E-state index in [1.807, 2.05) is 37.3 Å². The lowest BCUT2D eigenvalue weighted by Crippen LogP contribution is -2.13. The summed E-state index contributed by atoms with van der Waals surface area (Å²) in [6.07, 6.45) is 1.51. The number of nitrogen functional groups attached to an aromatic ring is 1. The lowest BCUT2D eigenvalue weighted by atomic mass is 9.94. The van der Waals surface area contributed by atoms with Gasteiger partial charge in [0, 0.05) is 5.56 Å². The minimum atomic E-state index is -0.338. The highest BCUT2D eigenvalue weighted by atomic mass is 16.3. The summed E-state index contributed by atoms with van der Waals surface area (Å²) in [7, 11) is 0. The summed E-state index contributed by atoms with van der Waals surface area (Å²) < 4.78 is 0. The highest BCUT2D eigenvalue weighted by molar-refractivity contribution is 6.03. The maximum Gasteiger partial charge on any atom is 0.138 e. The Bertz CT molecular complexity index is 637. The van der Waals surface area contributed by atoms with Gasteiger partial charge in [-0.3, -0.25) is 5.41 Å². The second kappa shape index (κ2) is 5.65. The number of aryl methyl sites for hydroxylation is 1. The van der Waals surface area contributed by atoms with Crippen LogP contribution in [0.5, 0.6) is 11.5 Å². The van der Waals surface area contributed by atoms with E-state index in [1.165, 1.54) is 0 Å². The molecule has 0 fully saturated rings. The molecule has 2 aromatic carbocycles. The molecule has 0 saturated carbocycles. The van der Waals surface area contributed by atoms with Gasteiger partial charge in [0.05, 0.1) is 0 Å². The summed E-state index contributed by atoms with van der Waals surface area (Å²) in [5.74, 6) is -0.590. The number of hydrogen-bond donors (Lipinski definition) is 4. The molecule has 0 heterocycles. The van der Waals surface area contributed by atoms with Crippen molar-refractivity contribution in [1.82, 2.24) is 0 Å². The fourth-order valence-electron chi connectivity index (χ4n) is 2.27. The number of nitrogens with one attached hydrogen (secondary N) is 1. The minimum absolute atomic E-state index is 0.00908. The molecule has 0 aliphatic rings. The number of aromatic hydroxyl groups is 2. The van der Waals surface area contributed by atoms with Gasteiger partial charge in [-0.05, 0) is 23.6 Å². The van der Waals surface area contributed by atoms with E-state index in [4.69, 9.17) is 11.1 Å². The van der Waals surface area contributed by atoms with Gasteiger partial charge >= 0.3 is 0 Å². The Morgan fingerprint density at radius 2 is 1.80 bits per heavy atom. The third-order valence-electron chi connectivity index (χ3n) is 3.22. The van der Waals surface area contributed by atoms with Crippen molar-refractivity contribution in [3.05, 3.63) is 47.5 Å². The highest BCUT2D eigenvalue weighted by Crippen LogP contribution is 2.39. The van der Waals surface area contributed by atoms with Crippen molar-refractivity contribution >= 4 is 5.84 Å². The largest absolute Gasteiger partial charge is 0.507 e. The van der Waals surface area contributed by atoms with Gasteiger partial charge in [0.25, 0.3) is 0 Å². The van der Waals surface area contributed by atoms with Crippen LogP contribution in [0, 0.1) is 5.41 Å². The molecular formula is C16H18N2O2. The lowest BCUT2D eigenvalue weighted by Gasteiger charge is -2.15. The monoisotopic (exact) mass is 270 g/mol. The molecule has 2 rings (SSSR count). The van der Waals surface area contributed by atoms with Crippen LogP contribution in [-0.2, 0) is 6.42 Å². The standard InChI is InChI=1S/C16H18N2O2/c1-2-6-11-9-12(10-7-4-3-5-8-10)15(20)13(14(11)19)16(17)18/h3-5,7-9,19-20H,2,6H2,1H3,(H3,17,18). The van der Waals surface area contributed by atoms with Crippen LogP contribution in [-0.4, -0.2) is 16.0 Å². The van der Waals surface area contributed by atoms with Crippen molar-refractivity contribution in [3.63, 3.8) is 0 Å². The molecule has 0 aliphatic heterocycles. The molecule has 4 heteroatoms. The maximum atomic E-state index is 10.3. The number of phenols is 2. The lowest BCUT2D eigenvalue weighted by molar-refractivity contribution is 0.444. The summed E-state index contributed by atoms with van der Waals surface area (Å²) in [6, 6.07) is 11.1. The number of rotatable bonds is 4. The summed E-state index contributed by atoms with van der Waals surface area (Å²) in [6.45, 7) is 2.00. The SMILES string of the molecule is CCCc1cc(-c2ccccc2)c(O)c(C(=N)N)c1O. The van der Waals surface area contributed by atoms with E-state index in [9.17, 15) is 10.2 Å². The predicted molar refractivity (Wildman–Crippen MR) is 80.2 cm³/mol. The normalized spacial score (nSPS) is 10.4. The Hall–Kier alpha value is -2.49. The summed E-state index contributed by atoms with van der Waals surface area (Å²) in [4.78, 5) is 0. The zero-order chi connectivity index (χ0) is 14.7. The van der Waals surface area contributed by atoms with Crippen LogP contribution < -0.4 is 5.73 Å². The number of nitrogens with two attached hydrogens (primary N) is 1. The van der Waals surface area contributed by atoms with Gasteiger partial charge in [0.15, 0.2) is 0 Å². The van der Waals surface area contributed by atoms with E-state index in [1.54, 1.807) is 6.07 Å². The van der Waals surface area contributed by atoms with Crippen LogP contribution in [0.3, 0.4) is 0 Å². The highest BCUT2D eigenvalue weighted by Gasteiger charge is 2.19. The topological polar surface area (TPSA) is 90.3 Å². The van der Waals surface area contributed by atoms with E-state index in [2.05, 4.69) is 0 Å². The smallest absolute Gasteiger partial charge is 0.138 e. The fourth-order valence-corrected chi connectivity index (χ4v) is 2.27. The van der Waals surface area contributed by atoms with Gasteiger partial charge in [-0.25, -0.2) is 0 Å². The van der Waals surface area contributed by atoms with E-state index >= 15 is 0 Å². The first-order valence-corrected chi connectivity index (χ1v) is 6.53. The van der Waals surface area contributed by atoms with E-state index in [-0.39, 0.29) is 22.9 Å². The molecule has 0 spiro atoms. The molecule has 0 aliphatic carbocycles. The molecule has 0 radical (unpaired) electrons. The molecule has 0 unspecified atom stereocenters. The number of phenolic OH excluding ortho intramolecular Hbond substituents is 2. The van der Waals surface area contributed by atoms with Crippen LogP contribution >= 0.6 is 0 Å². The van der Waals surface area contributed by atoms with Gasteiger partial charge < -0.3 is 15.9 Å². The molecule has 4 nitrogen and oxygen atoms in total. The number of amidine groups is 1. The molecule has 20 heavy (non-hydrogen) atoms. The molecule has 104 valence electrons. The van der Waals surface area contributed by atoms with Gasteiger partial charge in [-0.1, -0.05) is 43.7 Å². The molecule has 0 aromatic heterocycles. The zero-order valence-electron chi connectivity index (χ0n) is 11.4. The molecule has 0 atom stereocenters. The first-order chi connectivity index (χ1) is 9.56. The van der Waals surface area contributed by atoms with Crippen LogP contribution in [0.1, 0.15) is 24.5 Å². The Morgan fingerprint density at radius 1 is 1.15 bits per heavy atom. The van der Waals surface area contributed by atoms with Crippen molar-refractivity contribution in [2.45, 2.75) is 19.8 Å². The second-order valence-electron chi connectivity index (χ2n) is 4.69. The van der Waals surface area contributed by atoms with Crippen molar-refractivity contribution in [1.29, 1.82) is 5.41 Å². The maximum absolute atomic E-state index is 10.3. The molecule has 0 bridgehead atoms. The average molecular weight is 270 g/mol. The second-order valence-corrected chi connectivity index (χ2v) is 4.69. The minimum Gasteiger partial charge on any atom is -0.507 e. The van der Waals surface area contributed by atoms with Crippen LogP contribution in [0.2, 0.25) is 0 Å². The Kier molecular flexibility index (Phi) is 3.94. The molecular weight excluding hydrogens is 252 g/mol. The van der Waals surface area contributed by atoms with Crippen molar-refractivity contribution < 1.29 is 10.2 Å². The summed E-state index contributed by atoms with van der Waals surface area (Å²) in [5, 5.41) is 28.0. The summed E-state index contributed by atoms with van der Waals surface area (Å²) in [5.41, 5.74) is 7.59. The summed E-state index contributed by atoms with van der Waals surface area (Å²) >= 11 is 0. The van der Waals surface area contributed by atoms with Crippen LogP contribution in [0.25, 0.3) is 11.1 Å². The molecule has 2 aromatic rings. The van der Waals surface area contributed by atoms with E-state index in [0.29, 0.717) is 17.5 Å². The Labute approximate surface area is 118 Å². The average Bonchev–Trinajstić information content (AvgIpc) is 2.43. The fraction of sp³-hybridized carbons (Fsp3) is 0.188. The zero-order valence-corrected chi connectivity index (χ0v) is 11.4. The van der Waals surface area contributed by atoms with E-state index < -0.39 is 0 Å². The Balaban J connectivity index is 2.72. The van der Waals surface area contributed by atoms with Gasteiger partial charge in [0.2, 0.25) is 0 Å². The Morgan fingerprint density at radius 3 is 2.35 bits per heavy atom. The van der Waals surface area contributed by atoms with Crippen molar-refractivity contribution in [3.8, 4) is 22.6 Å². The third kappa shape index (κ3) is 2.45. The third-order valence-corrected chi connectivity index (χ3v) is 3.22. The van der Waals surface area contributed by atoms with Gasteiger partial charge in [-0.2, -0.15) is 0 Å². The first-order valence-electron chi connectivity index (χ1n) is 6.53. The molecule has 0 amide bonds. The number of benzene rings is 2. The van der Waals surface area contributed by atoms with E-state index in [0.717, 1.165) is 12.0 Å².